The van der Waals surface area contributed by atoms with Crippen molar-refractivity contribution in [2.24, 2.45) is 0 Å². The van der Waals surface area contributed by atoms with E-state index >= 15 is 0 Å². The maximum absolute atomic E-state index is 13.0. The molecule has 0 unspecified atom stereocenters. The van der Waals surface area contributed by atoms with Gasteiger partial charge < -0.3 is 14.6 Å². The Morgan fingerprint density at radius 1 is 1.04 bits per heavy atom. The summed E-state index contributed by atoms with van der Waals surface area (Å²) < 4.78 is 10.4. The lowest BCUT2D eigenvalue weighted by molar-refractivity contribution is 0.103. The summed E-state index contributed by atoms with van der Waals surface area (Å²) in [6, 6.07) is 8.78. The zero-order valence-electron chi connectivity index (χ0n) is 12.6. The zero-order valence-corrected chi connectivity index (χ0v) is 12.6. The van der Waals surface area contributed by atoms with Gasteiger partial charge in [-0.3, -0.25) is 9.78 Å². The van der Waals surface area contributed by atoms with Crippen molar-refractivity contribution in [3.63, 3.8) is 0 Å². The van der Waals surface area contributed by atoms with Crippen LogP contribution in [0.5, 0.6) is 17.2 Å². The van der Waals surface area contributed by atoms with E-state index in [4.69, 9.17) is 9.47 Å². The van der Waals surface area contributed by atoms with Crippen LogP contribution < -0.4 is 9.47 Å². The van der Waals surface area contributed by atoms with E-state index in [2.05, 4.69) is 4.98 Å². The number of benzene rings is 2. The molecular weight excluding hydrogens is 294 g/mol. The van der Waals surface area contributed by atoms with Crippen molar-refractivity contribution in [3.8, 4) is 28.5 Å². The maximum Gasteiger partial charge on any atom is 0.198 e. The Morgan fingerprint density at radius 2 is 1.87 bits per heavy atom. The third-order valence-electron chi connectivity index (χ3n) is 4.16. The van der Waals surface area contributed by atoms with E-state index < -0.39 is 0 Å². The number of phenolic OH excluding ortho intramolecular Hbond substituents is 1. The van der Waals surface area contributed by atoms with Gasteiger partial charge in [-0.15, -0.1) is 0 Å². The van der Waals surface area contributed by atoms with Crippen molar-refractivity contribution < 1.29 is 19.4 Å². The van der Waals surface area contributed by atoms with Crippen molar-refractivity contribution in [2.75, 3.05) is 14.2 Å². The summed E-state index contributed by atoms with van der Waals surface area (Å²) in [6.07, 6.45) is 1.68. The molecule has 1 heterocycles. The highest BCUT2D eigenvalue weighted by molar-refractivity contribution is 6.27. The molecule has 5 nitrogen and oxygen atoms in total. The van der Waals surface area contributed by atoms with E-state index in [9.17, 15) is 9.90 Å². The van der Waals surface area contributed by atoms with Crippen LogP contribution in [0.15, 0.2) is 36.5 Å². The molecule has 1 aliphatic carbocycles. The fourth-order valence-electron chi connectivity index (χ4n) is 3.07. The summed E-state index contributed by atoms with van der Waals surface area (Å²) >= 11 is 0. The first-order valence-electron chi connectivity index (χ1n) is 7.07. The summed E-state index contributed by atoms with van der Waals surface area (Å²) in [4.78, 5) is 17.4. The van der Waals surface area contributed by atoms with Gasteiger partial charge in [-0.1, -0.05) is 0 Å². The summed E-state index contributed by atoms with van der Waals surface area (Å²) in [5.41, 5.74) is 2.09. The number of ketones is 1. The molecule has 0 amide bonds. The predicted molar refractivity (Wildman–Crippen MR) is 85.4 cm³/mol. The molecule has 1 N–H and O–H groups in total. The minimum absolute atomic E-state index is 0.160. The third kappa shape index (κ3) is 1.73. The van der Waals surface area contributed by atoms with Gasteiger partial charge >= 0.3 is 0 Å². The first-order valence-corrected chi connectivity index (χ1v) is 7.07. The molecule has 0 radical (unpaired) electrons. The second-order valence-electron chi connectivity index (χ2n) is 5.30. The molecule has 5 heteroatoms. The monoisotopic (exact) mass is 307 g/mol. The molecule has 0 spiro atoms. The molecule has 4 rings (SSSR count). The van der Waals surface area contributed by atoms with Crippen LogP contribution in [-0.2, 0) is 0 Å². The summed E-state index contributed by atoms with van der Waals surface area (Å²) in [5.74, 6) is 0.424. The Morgan fingerprint density at radius 3 is 2.61 bits per heavy atom. The van der Waals surface area contributed by atoms with Crippen molar-refractivity contribution in [3.05, 3.63) is 47.7 Å². The highest BCUT2D eigenvalue weighted by Gasteiger charge is 2.30. The summed E-state index contributed by atoms with van der Waals surface area (Å²) in [5, 5.41) is 11.9. The zero-order chi connectivity index (χ0) is 16.1. The maximum atomic E-state index is 13.0. The molecule has 0 atom stereocenters. The third-order valence-corrected chi connectivity index (χ3v) is 4.16. The Hall–Kier alpha value is -3.08. The molecule has 0 aliphatic heterocycles. The fourth-order valence-corrected chi connectivity index (χ4v) is 3.07. The number of aromatic hydroxyl groups is 1. The normalized spacial score (nSPS) is 12.2. The van der Waals surface area contributed by atoms with Gasteiger partial charge in [0.1, 0.15) is 5.75 Å². The van der Waals surface area contributed by atoms with Gasteiger partial charge in [-0.05, 0) is 35.7 Å². The van der Waals surface area contributed by atoms with Gasteiger partial charge in [0.05, 0.1) is 25.5 Å². The van der Waals surface area contributed by atoms with Crippen molar-refractivity contribution in [1.82, 2.24) is 4.98 Å². The molecule has 114 valence electrons. The van der Waals surface area contributed by atoms with Gasteiger partial charge in [-0.25, -0.2) is 0 Å². The topological polar surface area (TPSA) is 68.7 Å². The first kappa shape index (κ1) is 13.6. The van der Waals surface area contributed by atoms with Gasteiger partial charge in [0.25, 0.3) is 0 Å². The number of phenols is 1. The van der Waals surface area contributed by atoms with Crippen molar-refractivity contribution >= 4 is 16.6 Å². The average Bonchev–Trinajstić information content (AvgIpc) is 2.59. The Kier molecular flexibility index (Phi) is 2.78. The van der Waals surface area contributed by atoms with E-state index in [1.807, 2.05) is 6.07 Å². The van der Waals surface area contributed by atoms with E-state index in [0.717, 1.165) is 10.9 Å². The minimum atomic E-state index is -0.263. The number of hydrogen-bond acceptors (Lipinski definition) is 5. The lowest BCUT2D eigenvalue weighted by atomic mass is 9.85. The SMILES string of the molecule is COc1ccc2c(c1)C(=O)c1c(O)c(OC)cc3ccnc-2c13. The minimum Gasteiger partial charge on any atom is -0.504 e. The Labute approximate surface area is 132 Å². The Bertz CT molecular complexity index is 978. The predicted octanol–water partition coefficient (Wildman–Crippen LogP) is 3.17. The number of ether oxygens (including phenoxy) is 2. The van der Waals surface area contributed by atoms with Gasteiger partial charge in [-0.2, -0.15) is 0 Å². The first-order chi connectivity index (χ1) is 11.2. The van der Waals surface area contributed by atoms with Gasteiger partial charge in [0.2, 0.25) is 0 Å². The second kappa shape index (κ2) is 4.71. The number of aromatic nitrogens is 1. The van der Waals surface area contributed by atoms with Gasteiger partial charge in [0.15, 0.2) is 17.3 Å². The van der Waals surface area contributed by atoms with Gasteiger partial charge in [0, 0.05) is 22.7 Å². The van der Waals surface area contributed by atoms with Crippen LogP contribution in [0.2, 0.25) is 0 Å². The molecule has 0 fully saturated rings. The highest BCUT2D eigenvalue weighted by Crippen LogP contribution is 2.45. The van der Waals surface area contributed by atoms with E-state index in [0.29, 0.717) is 22.4 Å². The van der Waals surface area contributed by atoms with Crippen LogP contribution in [0.4, 0.5) is 0 Å². The standard InChI is InChI=1S/C18H13NO4/c1-22-10-3-4-11-12(8-10)17(20)15-14-9(5-6-19-16(11)14)7-13(23-2)18(15)21/h3-8,21H,1-2H3. The summed E-state index contributed by atoms with van der Waals surface area (Å²) in [6.45, 7) is 0. The van der Waals surface area contributed by atoms with Crippen molar-refractivity contribution in [2.45, 2.75) is 0 Å². The van der Waals surface area contributed by atoms with Crippen LogP contribution in [0.25, 0.3) is 22.0 Å². The number of rotatable bonds is 2. The number of carbonyl (C=O) groups is 1. The lowest BCUT2D eigenvalue weighted by Crippen LogP contribution is -2.12. The highest BCUT2D eigenvalue weighted by atomic mass is 16.5. The van der Waals surface area contributed by atoms with Crippen LogP contribution >= 0.6 is 0 Å². The molecule has 0 saturated heterocycles. The number of carbonyl (C=O) groups excluding carboxylic acids is 1. The Balaban J connectivity index is 2.17. The number of methoxy groups -OCH3 is 2. The molecule has 0 bridgehead atoms. The van der Waals surface area contributed by atoms with Crippen LogP contribution in [0.1, 0.15) is 15.9 Å². The molecule has 1 aromatic heterocycles. The van der Waals surface area contributed by atoms with E-state index in [-0.39, 0.29) is 22.8 Å². The number of fused-ring (bicyclic) bond motifs is 2. The molecule has 23 heavy (non-hydrogen) atoms. The molecule has 3 aromatic rings. The summed E-state index contributed by atoms with van der Waals surface area (Å²) in [7, 11) is 3.00. The van der Waals surface area contributed by atoms with E-state index in [1.54, 1.807) is 37.6 Å². The molecule has 2 aromatic carbocycles. The van der Waals surface area contributed by atoms with Crippen LogP contribution in [0, 0.1) is 0 Å². The quantitative estimate of drug-likeness (QED) is 0.616. The number of nitrogens with zero attached hydrogens (tertiary/aromatic N) is 1. The smallest absolute Gasteiger partial charge is 0.198 e. The largest absolute Gasteiger partial charge is 0.504 e. The molecular formula is C18H13NO4. The lowest BCUT2D eigenvalue weighted by Gasteiger charge is -2.21. The van der Waals surface area contributed by atoms with E-state index in [1.165, 1.54) is 7.11 Å². The average molecular weight is 307 g/mol. The van der Waals surface area contributed by atoms with Crippen LogP contribution in [-0.4, -0.2) is 30.1 Å². The number of hydrogen-bond donors (Lipinski definition) is 1. The van der Waals surface area contributed by atoms with Crippen molar-refractivity contribution in [1.29, 1.82) is 0 Å². The molecule has 1 aliphatic rings. The molecule has 0 saturated carbocycles. The van der Waals surface area contributed by atoms with Crippen LogP contribution in [0.3, 0.4) is 0 Å². The fraction of sp³-hybridized carbons (Fsp3) is 0.111. The number of pyridine rings is 1. The second-order valence-corrected chi connectivity index (χ2v) is 5.30.